The van der Waals surface area contributed by atoms with Crippen molar-refractivity contribution in [2.24, 2.45) is 0 Å². The van der Waals surface area contributed by atoms with Crippen molar-refractivity contribution >= 4 is 15.9 Å². The molecule has 0 N–H and O–H groups in total. The van der Waals surface area contributed by atoms with E-state index in [1.807, 2.05) is 0 Å². The van der Waals surface area contributed by atoms with E-state index in [9.17, 15) is 22.0 Å². The number of epoxide rings is 1. The summed E-state index contributed by atoms with van der Waals surface area (Å²) < 4.78 is 57.5. The molecule has 0 amide bonds. The largest absolute Gasteiger partial charge is 0.436 e. The lowest BCUT2D eigenvalue weighted by molar-refractivity contribution is -0.158. The van der Waals surface area contributed by atoms with Crippen LogP contribution in [0.15, 0.2) is 0 Å². The number of ether oxygens (including phenoxy) is 1. The molecule has 0 saturated carbocycles. The van der Waals surface area contributed by atoms with E-state index >= 15 is 0 Å². The van der Waals surface area contributed by atoms with Crippen molar-refractivity contribution in [3.63, 3.8) is 0 Å². The molecule has 1 atom stereocenters. The Balaban J connectivity index is 2.78. The van der Waals surface area contributed by atoms with Crippen LogP contribution < -0.4 is 0 Å². The van der Waals surface area contributed by atoms with Crippen molar-refractivity contribution in [2.45, 2.75) is 16.8 Å². The first kappa shape index (κ1) is 8.19. The van der Waals surface area contributed by atoms with Gasteiger partial charge in [0.2, 0.25) is 0 Å². The maximum absolute atomic E-state index is 11.7. The van der Waals surface area contributed by atoms with Gasteiger partial charge >= 0.3 is 16.8 Å². The van der Waals surface area contributed by atoms with Gasteiger partial charge in [-0.15, -0.1) is 0 Å². The van der Waals surface area contributed by atoms with E-state index < -0.39 is 16.8 Å². The Morgan fingerprint density at radius 1 is 1.20 bits per heavy atom. The molecule has 60 valence electrons. The van der Waals surface area contributed by atoms with Gasteiger partial charge in [-0.3, -0.25) is 4.74 Å². The van der Waals surface area contributed by atoms with E-state index in [0.29, 0.717) is 0 Å². The van der Waals surface area contributed by atoms with Crippen LogP contribution in [0.3, 0.4) is 0 Å². The topological polar surface area (TPSA) is 12.5 Å². The zero-order valence-electron chi connectivity index (χ0n) is 4.18. The summed E-state index contributed by atoms with van der Waals surface area (Å²) in [7, 11) is 0. The molecule has 1 nitrogen and oxygen atoms in total. The number of halogens is 6. The van der Waals surface area contributed by atoms with Crippen molar-refractivity contribution in [1.29, 1.82) is 0 Å². The number of hydrogen-bond acceptors (Lipinski definition) is 1. The molecule has 1 rings (SSSR count). The Hall–Kier alpha value is 0.0900. The third-order valence-electron chi connectivity index (χ3n) is 0.966. The summed E-state index contributed by atoms with van der Waals surface area (Å²) in [5, 5.41) is 0. The zero-order valence-corrected chi connectivity index (χ0v) is 5.76. The van der Waals surface area contributed by atoms with E-state index in [-0.39, 0.29) is 0 Å². The fraction of sp³-hybridized carbons (Fsp3) is 1.00. The highest BCUT2D eigenvalue weighted by Gasteiger charge is 2.86. The van der Waals surface area contributed by atoms with Gasteiger partial charge in [0.1, 0.15) is 0 Å². The summed E-state index contributed by atoms with van der Waals surface area (Å²) in [5.41, 5.74) is 0. The molecular formula is C3BrF5O. The van der Waals surface area contributed by atoms with Crippen LogP contribution in [0.25, 0.3) is 0 Å². The fourth-order valence-corrected chi connectivity index (χ4v) is 0.577. The molecule has 0 unspecified atom stereocenters. The van der Waals surface area contributed by atoms with Crippen LogP contribution in [0.5, 0.6) is 0 Å². The first-order chi connectivity index (χ1) is 4.21. The van der Waals surface area contributed by atoms with Gasteiger partial charge in [-0.2, -0.15) is 22.0 Å². The van der Waals surface area contributed by atoms with Gasteiger partial charge in [0.05, 0.1) is 0 Å². The van der Waals surface area contributed by atoms with E-state index in [1.54, 1.807) is 15.9 Å². The summed E-state index contributed by atoms with van der Waals surface area (Å²) in [6.45, 7) is 0. The molecule has 0 bridgehead atoms. The third-order valence-corrected chi connectivity index (χ3v) is 2.04. The third kappa shape index (κ3) is 0.833. The molecule has 10 heavy (non-hydrogen) atoms. The smallest absolute Gasteiger partial charge is 0.281 e. The van der Waals surface area contributed by atoms with Crippen LogP contribution in [0.4, 0.5) is 22.0 Å². The van der Waals surface area contributed by atoms with Crippen molar-refractivity contribution in [3.05, 3.63) is 0 Å². The monoisotopic (exact) mass is 226 g/mol. The van der Waals surface area contributed by atoms with Gasteiger partial charge in [0, 0.05) is 0 Å². The Kier molecular flexibility index (Phi) is 1.34. The maximum Gasteiger partial charge on any atom is 0.436 e. The SMILES string of the molecule is FC(F)(F)[C@]1(Br)OC1(F)F. The van der Waals surface area contributed by atoms with Gasteiger partial charge < -0.3 is 0 Å². The van der Waals surface area contributed by atoms with E-state index in [1.165, 1.54) is 0 Å². The molecule has 1 fully saturated rings. The molecule has 1 heterocycles. The second-order valence-corrected chi connectivity index (χ2v) is 2.83. The lowest BCUT2D eigenvalue weighted by Gasteiger charge is -2.06. The molecule has 1 saturated heterocycles. The second-order valence-electron chi connectivity index (χ2n) is 1.71. The van der Waals surface area contributed by atoms with Crippen LogP contribution in [-0.4, -0.2) is 16.8 Å². The number of alkyl halides is 6. The summed E-state index contributed by atoms with van der Waals surface area (Å²) in [6, 6.07) is 0. The molecule has 0 spiro atoms. The van der Waals surface area contributed by atoms with Crippen LogP contribution in [0.1, 0.15) is 0 Å². The Bertz CT molecular complexity index is 165. The lowest BCUT2D eigenvalue weighted by atomic mass is 10.4. The first-order valence-corrected chi connectivity index (χ1v) is 2.84. The average molecular weight is 227 g/mol. The fourth-order valence-electron chi connectivity index (χ4n) is 0.374. The normalized spacial score (nSPS) is 37.8. The van der Waals surface area contributed by atoms with Crippen LogP contribution in [-0.2, 0) is 4.74 Å². The predicted octanol–water partition coefficient (Wildman–Crippen LogP) is 2.26. The molecule has 0 aromatic rings. The van der Waals surface area contributed by atoms with Crippen LogP contribution in [0, 0.1) is 0 Å². The Labute approximate surface area is 60.3 Å². The highest BCUT2D eigenvalue weighted by atomic mass is 79.9. The number of hydrogen-bond donors (Lipinski definition) is 0. The van der Waals surface area contributed by atoms with Gasteiger partial charge in [0.15, 0.2) is 0 Å². The van der Waals surface area contributed by atoms with E-state index in [0.717, 1.165) is 0 Å². The molecule has 1 aliphatic rings. The van der Waals surface area contributed by atoms with Gasteiger partial charge in [-0.25, -0.2) is 0 Å². The lowest BCUT2D eigenvalue weighted by Crippen LogP contribution is -2.30. The minimum absolute atomic E-state index is 1.73. The molecule has 0 aromatic heterocycles. The van der Waals surface area contributed by atoms with Crippen LogP contribution in [0.2, 0.25) is 0 Å². The summed E-state index contributed by atoms with van der Waals surface area (Å²) in [6.07, 6.45) is -9.19. The molecule has 1 aliphatic heterocycles. The van der Waals surface area contributed by atoms with Gasteiger partial charge in [-0.1, -0.05) is 0 Å². The number of rotatable bonds is 0. The summed E-state index contributed by atoms with van der Waals surface area (Å²) >= 11 is 1.73. The summed E-state index contributed by atoms with van der Waals surface area (Å²) in [4.78, 5) is 0. The highest BCUT2D eigenvalue weighted by molar-refractivity contribution is 9.10. The minimum Gasteiger partial charge on any atom is -0.281 e. The Morgan fingerprint density at radius 3 is 1.50 bits per heavy atom. The predicted molar refractivity (Wildman–Crippen MR) is 23.7 cm³/mol. The Morgan fingerprint density at radius 2 is 1.50 bits per heavy atom. The van der Waals surface area contributed by atoms with Crippen molar-refractivity contribution in [2.75, 3.05) is 0 Å². The summed E-state index contributed by atoms with van der Waals surface area (Å²) in [5.74, 6) is 0. The van der Waals surface area contributed by atoms with Crippen molar-refractivity contribution in [1.82, 2.24) is 0 Å². The molecule has 0 aromatic carbocycles. The molecule has 7 heteroatoms. The van der Waals surface area contributed by atoms with Gasteiger partial charge in [0.25, 0.3) is 0 Å². The van der Waals surface area contributed by atoms with E-state index in [4.69, 9.17) is 0 Å². The first-order valence-electron chi connectivity index (χ1n) is 2.04. The van der Waals surface area contributed by atoms with Gasteiger partial charge in [-0.05, 0) is 15.9 Å². The van der Waals surface area contributed by atoms with Crippen molar-refractivity contribution < 1.29 is 26.7 Å². The zero-order chi connectivity index (χ0) is 8.21. The van der Waals surface area contributed by atoms with Crippen molar-refractivity contribution in [3.8, 4) is 0 Å². The molecule has 0 radical (unpaired) electrons. The second kappa shape index (κ2) is 1.63. The maximum atomic E-state index is 11.7. The quantitative estimate of drug-likeness (QED) is 0.351. The minimum atomic E-state index is -5.07. The molecular weight excluding hydrogens is 227 g/mol. The molecule has 0 aliphatic carbocycles. The van der Waals surface area contributed by atoms with E-state index in [2.05, 4.69) is 4.74 Å². The van der Waals surface area contributed by atoms with Crippen LogP contribution >= 0.6 is 15.9 Å². The highest BCUT2D eigenvalue weighted by Crippen LogP contribution is 2.63. The standard InChI is InChI=1S/C3BrF5O/c4-1(2(5,6)7)3(8,9)10-1/t1-/m0/s1. The average Bonchev–Trinajstić information content (AvgIpc) is 2.05.